The molecule has 3 rings (SSSR count). The molecule has 0 spiro atoms. The van der Waals surface area contributed by atoms with Crippen molar-refractivity contribution < 1.29 is 0 Å². The minimum Gasteiger partial charge on any atom is -0.309 e. The van der Waals surface area contributed by atoms with Gasteiger partial charge in [-0.25, -0.2) is 0 Å². The van der Waals surface area contributed by atoms with E-state index in [1.807, 2.05) is 0 Å². The zero-order chi connectivity index (χ0) is 8.84. The molecule has 2 heteroatoms. The minimum atomic E-state index is 1.21. The molecule has 0 saturated carbocycles. The van der Waals surface area contributed by atoms with Crippen molar-refractivity contribution >= 4 is 11.2 Å². The summed E-state index contributed by atoms with van der Waals surface area (Å²) in [6.45, 7) is 2.13. The molecule has 0 bridgehead atoms. The van der Waals surface area contributed by atoms with Crippen LogP contribution in [-0.2, 0) is 0 Å². The van der Waals surface area contributed by atoms with Crippen LogP contribution < -0.4 is 0 Å². The summed E-state index contributed by atoms with van der Waals surface area (Å²) in [5.74, 6) is 0. The number of hydrogen-bond acceptors (Lipinski definition) is 0. The molecule has 0 fully saturated rings. The van der Waals surface area contributed by atoms with Crippen molar-refractivity contribution in [2.24, 2.45) is 0 Å². The summed E-state index contributed by atoms with van der Waals surface area (Å²) in [6.07, 6.45) is 6.32. The average Bonchev–Trinajstić information content (AvgIpc) is 2.66. The zero-order valence-electron chi connectivity index (χ0n) is 7.44. The van der Waals surface area contributed by atoms with Crippen molar-refractivity contribution in [3.63, 3.8) is 0 Å². The predicted molar refractivity (Wildman–Crippen MR) is 53.1 cm³/mol. The second-order valence-corrected chi connectivity index (χ2v) is 3.35. The molecule has 0 radical (unpaired) electrons. The molecule has 2 nitrogen and oxygen atoms in total. The van der Waals surface area contributed by atoms with Crippen molar-refractivity contribution in [2.45, 2.75) is 6.92 Å². The van der Waals surface area contributed by atoms with Gasteiger partial charge in [-0.3, -0.25) is 0 Å². The number of nitrogens with zero attached hydrogens (tertiary/aromatic N) is 2. The first kappa shape index (κ1) is 6.78. The first-order valence-electron chi connectivity index (χ1n) is 4.39. The third-order valence-corrected chi connectivity index (χ3v) is 2.49. The molecule has 0 aliphatic carbocycles. The SMILES string of the molecule is Cc1cn2cccc2n2cccc12. The quantitative estimate of drug-likeness (QED) is 0.490. The van der Waals surface area contributed by atoms with E-state index in [2.05, 4.69) is 58.6 Å². The summed E-state index contributed by atoms with van der Waals surface area (Å²) in [4.78, 5) is 0. The van der Waals surface area contributed by atoms with Crippen LogP contribution in [0.25, 0.3) is 11.2 Å². The maximum atomic E-state index is 2.20. The highest BCUT2D eigenvalue weighted by molar-refractivity contribution is 5.61. The van der Waals surface area contributed by atoms with E-state index in [1.165, 1.54) is 16.7 Å². The van der Waals surface area contributed by atoms with Crippen LogP contribution >= 0.6 is 0 Å². The fraction of sp³-hybridized carbons (Fsp3) is 0.0909. The zero-order valence-corrected chi connectivity index (χ0v) is 7.44. The topological polar surface area (TPSA) is 8.82 Å². The predicted octanol–water partition coefficient (Wildman–Crippen LogP) is 2.50. The smallest absolute Gasteiger partial charge is 0.121 e. The Labute approximate surface area is 76.0 Å². The number of aryl methyl sites for hydroxylation is 1. The number of aromatic nitrogens is 2. The van der Waals surface area contributed by atoms with Crippen molar-refractivity contribution in [1.82, 2.24) is 8.80 Å². The maximum absolute atomic E-state index is 2.20. The largest absolute Gasteiger partial charge is 0.309 e. The van der Waals surface area contributed by atoms with E-state index >= 15 is 0 Å². The van der Waals surface area contributed by atoms with E-state index in [0.29, 0.717) is 0 Å². The van der Waals surface area contributed by atoms with Crippen LogP contribution in [0, 0.1) is 6.92 Å². The lowest BCUT2D eigenvalue weighted by Crippen LogP contribution is -1.93. The molecule has 13 heavy (non-hydrogen) atoms. The summed E-state index contributed by atoms with van der Waals surface area (Å²) < 4.78 is 4.34. The highest BCUT2D eigenvalue weighted by Gasteiger charge is 2.01. The van der Waals surface area contributed by atoms with Crippen LogP contribution in [0.1, 0.15) is 5.56 Å². The van der Waals surface area contributed by atoms with E-state index in [-0.39, 0.29) is 0 Å². The number of hydrogen-bond donors (Lipinski definition) is 0. The van der Waals surface area contributed by atoms with Gasteiger partial charge in [0.15, 0.2) is 0 Å². The third kappa shape index (κ3) is 0.773. The molecule has 64 valence electrons. The van der Waals surface area contributed by atoms with Gasteiger partial charge in [0.05, 0.1) is 5.52 Å². The molecule has 0 saturated heterocycles. The molecule has 0 aromatic carbocycles. The summed E-state index contributed by atoms with van der Waals surface area (Å²) in [7, 11) is 0. The average molecular weight is 170 g/mol. The van der Waals surface area contributed by atoms with E-state index in [0.717, 1.165) is 0 Å². The Bertz CT molecular complexity index is 572. The van der Waals surface area contributed by atoms with Crippen molar-refractivity contribution in [3.8, 4) is 0 Å². The van der Waals surface area contributed by atoms with Crippen LogP contribution in [0.5, 0.6) is 0 Å². The van der Waals surface area contributed by atoms with Gasteiger partial charge in [0.25, 0.3) is 0 Å². The van der Waals surface area contributed by atoms with E-state index in [1.54, 1.807) is 0 Å². The highest BCUT2D eigenvalue weighted by atomic mass is 15.0. The molecule has 3 aromatic heterocycles. The van der Waals surface area contributed by atoms with Gasteiger partial charge in [-0.1, -0.05) is 0 Å². The fourth-order valence-corrected chi connectivity index (χ4v) is 1.87. The Morgan fingerprint density at radius 2 is 1.92 bits per heavy atom. The lowest BCUT2D eigenvalue weighted by Gasteiger charge is -2.03. The first-order valence-corrected chi connectivity index (χ1v) is 4.39. The molecule has 3 aromatic rings. The standard InChI is InChI=1S/C11H10N2/c1-9-8-12-6-3-5-11(12)13-7-2-4-10(9)13/h2-8H,1H3. The molecule has 0 atom stereocenters. The number of rotatable bonds is 0. The van der Waals surface area contributed by atoms with Crippen molar-refractivity contribution in [3.05, 3.63) is 48.4 Å². The molecule has 0 aliphatic heterocycles. The lowest BCUT2D eigenvalue weighted by atomic mass is 10.3. The summed E-state index contributed by atoms with van der Waals surface area (Å²) in [6, 6.07) is 8.40. The lowest BCUT2D eigenvalue weighted by molar-refractivity contribution is 1.07. The van der Waals surface area contributed by atoms with Crippen molar-refractivity contribution in [1.29, 1.82) is 0 Å². The van der Waals surface area contributed by atoms with Gasteiger partial charge in [-0.15, -0.1) is 0 Å². The Balaban J connectivity index is 2.70. The third-order valence-electron chi connectivity index (χ3n) is 2.49. The molecule has 0 amide bonds. The van der Waals surface area contributed by atoms with Gasteiger partial charge < -0.3 is 8.80 Å². The van der Waals surface area contributed by atoms with Crippen LogP contribution in [0.4, 0.5) is 0 Å². The highest BCUT2D eigenvalue weighted by Crippen LogP contribution is 2.15. The van der Waals surface area contributed by atoms with Crippen LogP contribution in [0.3, 0.4) is 0 Å². The maximum Gasteiger partial charge on any atom is 0.121 e. The Hall–Kier alpha value is -1.70. The Kier molecular flexibility index (Phi) is 1.13. The van der Waals surface area contributed by atoms with E-state index in [9.17, 15) is 0 Å². The Morgan fingerprint density at radius 1 is 1.08 bits per heavy atom. The van der Waals surface area contributed by atoms with Crippen LogP contribution in [-0.4, -0.2) is 8.80 Å². The fourth-order valence-electron chi connectivity index (χ4n) is 1.87. The second-order valence-electron chi connectivity index (χ2n) is 3.35. The summed E-state index contributed by atoms with van der Waals surface area (Å²) >= 11 is 0. The second kappa shape index (κ2) is 2.16. The van der Waals surface area contributed by atoms with Gasteiger partial charge in [0.2, 0.25) is 0 Å². The molecule has 3 heterocycles. The molecule has 0 unspecified atom stereocenters. The van der Waals surface area contributed by atoms with Gasteiger partial charge in [0.1, 0.15) is 5.65 Å². The van der Waals surface area contributed by atoms with Crippen LogP contribution in [0.2, 0.25) is 0 Å². The number of fused-ring (bicyclic) bond motifs is 3. The molecule has 0 N–H and O–H groups in total. The van der Waals surface area contributed by atoms with E-state index in [4.69, 9.17) is 0 Å². The van der Waals surface area contributed by atoms with Gasteiger partial charge >= 0.3 is 0 Å². The molecule has 0 aliphatic rings. The Morgan fingerprint density at radius 3 is 2.85 bits per heavy atom. The van der Waals surface area contributed by atoms with Gasteiger partial charge in [0, 0.05) is 18.6 Å². The summed E-state index contributed by atoms with van der Waals surface area (Å²) in [5.41, 5.74) is 3.80. The van der Waals surface area contributed by atoms with Crippen LogP contribution in [0.15, 0.2) is 42.9 Å². The monoisotopic (exact) mass is 170 g/mol. The van der Waals surface area contributed by atoms with E-state index < -0.39 is 0 Å². The first-order chi connectivity index (χ1) is 6.36. The normalized spacial score (nSPS) is 11.5. The molecular formula is C11H10N2. The van der Waals surface area contributed by atoms with Gasteiger partial charge in [-0.05, 0) is 36.8 Å². The van der Waals surface area contributed by atoms with Gasteiger partial charge in [-0.2, -0.15) is 0 Å². The minimum absolute atomic E-state index is 1.21. The van der Waals surface area contributed by atoms with Crippen molar-refractivity contribution in [2.75, 3.05) is 0 Å². The molecular weight excluding hydrogens is 160 g/mol. The summed E-state index contributed by atoms with van der Waals surface area (Å²) in [5, 5.41) is 0.